The molecule has 0 radical (unpaired) electrons. The SMILES string of the molecule is COc1ccc(-c2cnc(N)c3nc(Cc4nc5nc(Cl)ccc5[nH]4)cn23)c(Cl)c1. The number of nitrogens with zero attached hydrogens (tertiary/aromatic N) is 5. The molecule has 5 aromatic rings. The van der Waals surface area contributed by atoms with Crippen molar-refractivity contribution in [3.63, 3.8) is 0 Å². The Morgan fingerprint density at radius 3 is 2.80 bits per heavy atom. The number of halogens is 2. The number of ether oxygens (including phenoxy) is 1. The van der Waals surface area contributed by atoms with Crippen LogP contribution in [0.15, 0.2) is 42.7 Å². The highest BCUT2D eigenvalue weighted by molar-refractivity contribution is 6.33. The van der Waals surface area contributed by atoms with Gasteiger partial charge in [0.2, 0.25) is 0 Å². The summed E-state index contributed by atoms with van der Waals surface area (Å²) in [5, 5.41) is 0.936. The molecule has 0 unspecified atom stereocenters. The number of H-pyrrole nitrogens is 1. The maximum absolute atomic E-state index is 6.47. The average Bonchev–Trinajstić information content (AvgIpc) is 3.32. The number of nitrogen functional groups attached to an aromatic ring is 1. The minimum absolute atomic E-state index is 0.327. The van der Waals surface area contributed by atoms with Crippen LogP contribution in [0, 0.1) is 0 Å². The van der Waals surface area contributed by atoms with Crippen LogP contribution < -0.4 is 10.5 Å². The molecule has 1 aromatic carbocycles. The van der Waals surface area contributed by atoms with E-state index in [0.717, 1.165) is 28.3 Å². The summed E-state index contributed by atoms with van der Waals surface area (Å²) in [6.45, 7) is 0. The van der Waals surface area contributed by atoms with Crippen molar-refractivity contribution in [1.82, 2.24) is 29.3 Å². The fourth-order valence-corrected chi connectivity index (χ4v) is 3.74. The molecule has 0 aliphatic carbocycles. The third kappa shape index (κ3) is 3.20. The van der Waals surface area contributed by atoms with E-state index in [4.69, 9.17) is 33.7 Å². The predicted octanol–water partition coefficient (Wildman–Crippen LogP) is 4.16. The van der Waals surface area contributed by atoms with Gasteiger partial charge in [0.05, 0.1) is 35.2 Å². The van der Waals surface area contributed by atoms with Gasteiger partial charge in [-0.1, -0.05) is 23.2 Å². The van der Waals surface area contributed by atoms with Gasteiger partial charge in [0.25, 0.3) is 0 Å². The molecule has 0 saturated heterocycles. The molecule has 0 aliphatic heterocycles. The van der Waals surface area contributed by atoms with Gasteiger partial charge in [-0.3, -0.25) is 4.40 Å². The van der Waals surface area contributed by atoms with Crippen LogP contribution in [0.2, 0.25) is 10.2 Å². The number of methoxy groups -OCH3 is 1. The van der Waals surface area contributed by atoms with Gasteiger partial charge in [-0.2, -0.15) is 0 Å². The molecule has 5 rings (SSSR count). The summed E-state index contributed by atoms with van der Waals surface area (Å²) < 4.78 is 7.11. The van der Waals surface area contributed by atoms with Crippen LogP contribution in [-0.4, -0.2) is 36.4 Å². The van der Waals surface area contributed by atoms with E-state index >= 15 is 0 Å². The fraction of sp³-hybridized carbons (Fsp3) is 0.100. The molecule has 0 fully saturated rings. The summed E-state index contributed by atoms with van der Waals surface area (Å²) in [4.78, 5) is 20.9. The average molecular weight is 440 g/mol. The molecular formula is C20H15Cl2N7O. The number of nitrogens with one attached hydrogen (secondary N) is 1. The van der Waals surface area contributed by atoms with Gasteiger partial charge < -0.3 is 15.5 Å². The van der Waals surface area contributed by atoms with Crippen molar-refractivity contribution >= 4 is 45.8 Å². The summed E-state index contributed by atoms with van der Waals surface area (Å²) in [6.07, 6.45) is 4.04. The minimum atomic E-state index is 0.327. The molecule has 0 saturated carbocycles. The summed E-state index contributed by atoms with van der Waals surface area (Å²) >= 11 is 12.4. The second-order valence-electron chi connectivity index (χ2n) is 6.67. The number of nitrogens with two attached hydrogens (primary N) is 1. The van der Waals surface area contributed by atoms with Crippen LogP contribution >= 0.6 is 23.2 Å². The van der Waals surface area contributed by atoms with Crippen molar-refractivity contribution in [3.05, 3.63) is 64.4 Å². The third-order valence-electron chi connectivity index (χ3n) is 4.73. The van der Waals surface area contributed by atoms with Crippen LogP contribution in [-0.2, 0) is 6.42 Å². The highest BCUT2D eigenvalue weighted by Crippen LogP contribution is 2.32. The first-order valence-electron chi connectivity index (χ1n) is 8.99. The second-order valence-corrected chi connectivity index (χ2v) is 7.46. The number of imidazole rings is 2. The highest BCUT2D eigenvalue weighted by atomic mass is 35.5. The largest absolute Gasteiger partial charge is 0.497 e. The molecule has 0 bridgehead atoms. The van der Waals surface area contributed by atoms with Gasteiger partial charge in [0.1, 0.15) is 16.7 Å². The fourth-order valence-electron chi connectivity index (χ4n) is 3.33. The smallest absolute Gasteiger partial charge is 0.180 e. The first kappa shape index (κ1) is 18.7. The van der Waals surface area contributed by atoms with E-state index in [1.165, 1.54) is 0 Å². The molecule has 10 heteroatoms. The van der Waals surface area contributed by atoms with Gasteiger partial charge >= 0.3 is 0 Å². The number of aromatic nitrogens is 6. The number of benzene rings is 1. The normalized spacial score (nSPS) is 11.4. The third-order valence-corrected chi connectivity index (χ3v) is 5.26. The van der Waals surface area contributed by atoms with Gasteiger partial charge in [-0.05, 0) is 30.3 Å². The standard InChI is InChI=1S/C20H15Cl2N7O/c1-30-11-2-3-12(13(21)7-11)15-8-24-18(23)20-25-10(9-29(15)20)6-17-26-14-4-5-16(22)27-19(14)28-17/h2-5,7-9H,6H2,1H3,(H2,23,24)(H,26,27,28). The van der Waals surface area contributed by atoms with Crippen molar-refractivity contribution in [1.29, 1.82) is 0 Å². The molecule has 0 atom stereocenters. The zero-order valence-corrected chi connectivity index (χ0v) is 17.2. The lowest BCUT2D eigenvalue weighted by atomic mass is 10.1. The Kier molecular flexibility index (Phi) is 4.45. The van der Waals surface area contributed by atoms with Gasteiger partial charge in [-0.15, -0.1) is 0 Å². The maximum atomic E-state index is 6.47. The molecule has 150 valence electrons. The molecule has 30 heavy (non-hydrogen) atoms. The Labute approximate surface area is 180 Å². The van der Waals surface area contributed by atoms with Crippen LogP contribution in [0.25, 0.3) is 28.1 Å². The van der Waals surface area contributed by atoms with E-state index in [9.17, 15) is 0 Å². The predicted molar refractivity (Wildman–Crippen MR) is 116 cm³/mol. The summed E-state index contributed by atoms with van der Waals surface area (Å²) in [7, 11) is 1.60. The Morgan fingerprint density at radius 2 is 2.00 bits per heavy atom. The van der Waals surface area contributed by atoms with Crippen LogP contribution in [0.4, 0.5) is 5.82 Å². The van der Waals surface area contributed by atoms with Crippen molar-refractivity contribution in [3.8, 4) is 17.0 Å². The van der Waals surface area contributed by atoms with Gasteiger partial charge in [-0.25, -0.2) is 19.9 Å². The minimum Gasteiger partial charge on any atom is -0.497 e. The summed E-state index contributed by atoms with van der Waals surface area (Å²) in [5.41, 5.74) is 10.3. The second kappa shape index (κ2) is 7.16. The zero-order valence-electron chi connectivity index (χ0n) is 15.7. The van der Waals surface area contributed by atoms with E-state index in [0.29, 0.717) is 39.5 Å². The van der Waals surface area contributed by atoms with Gasteiger partial charge in [0, 0.05) is 18.2 Å². The number of rotatable bonds is 4. The van der Waals surface area contributed by atoms with E-state index < -0.39 is 0 Å². The van der Waals surface area contributed by atoms with Crippen LogP contribution in [0.3, 0.4) is 0 Å². The molecule has 0 spiro atoms. The molecule has 4 heterocycles. The van der Waals surface area contributed by atoms with Crippen LogP contribution in [0.1, 0.15) is 11.5 Å². The molecular weight excluding hydrogens is 425 g/mol. The first-order chi connectivity index (χ1) is 14.5. The lowest BCUT2D eigenvalue weighted by molar-refractivity contribution is 0.415. The Bertz CT molecular complexity index is 1410. The number of hydrogen-bond donors (Lipinski definition) is 2. The number of fused-ring (bicyclic) bond motifs is 2. The van der Waals surface area contributed by atoms with Crippen molar-refractivity contribution in [2.45, 2.75) is 6.42 Å². The number of aromatic amines is 1. The van der Waals surface area contributed by atoms with Gasteiger partial charge in [0.15, 0.2) is 17.1 Å². The zero-order chi connectivity index (χ0) is 20.8. The Hall–Kier alpha value is -3.36. The monoisotopic (exact) mass is 439 g/mol. The van der Waals surface area contributed by atoms with E-state index in [-0.39, 0.29) is 0 Å². The van der Waals surface area contributed by atoms with Crippen LogP contribution in [0.5, 0.6) is 5.75 Å². The van der Waals surface area contributed by atoms with Crippen molar-refractivity contribution in [2.24, 2.45) is 0 Å². The molecule has 0 amide bonds. The quantitative estimate of drug-likeness (QED) is 0.407. The lowest BCUT2D eigenvalue weighted by Crippen LogP contribution is -1.99. The van der Waals surface area contributed by atoms with Crippen molar-refractivity contribution < 1.29 is 4.74 Å². The number of pyridine rings is 1. The Balaban J connectivity index is 1.58. The first-order valence-corrected chi connectivity index (χ1v) is 9.75. The summed E-state index contributed by atoms with van der Waals surface area (Å²) in [5.74, 6) is 1.72. The number of hydrogen-bond acceptors (Lipinski definition) is 6. The Morgan fingerprint density at radius 1 is 1.13 bits per heavy atom. The molecule has 8 nitrogen and oxygen atoms in total. The number of anilines is 1. The molecule has 4 aromatic heterocycles. The maximum Gasteiger partial charge on any atom is 0.180 e. The highest BCUT2D eigenvalue weighted by Gasteiger charge is 2.15. The topological polar surface area (TPSA) is 107 Å². The molecule has 3 N–H and O–H groups in total. The lowest BCUT2D eigenvalue weighted by Gasteiger charge is -2.09. The molecule has 0 aliphatic rings. The van der Waals surface area contributed by atoms with E-state index in [1.807, 2.05) is 28.8 Å². The summed E-state index contributed by atoms with van der Waals surface area (Å²) in [6, 6.07) is 9.03. The van der Waals surface area contributed by atoms with Crippen molar-refractivity contribution in [2.75, 3.05) is 12.8 Å². The van der Waals surface area contributed by atoms with E-state index in [2.05, 4.69) is 24.9 Å². The van der Waals surface area contributed by atoms with E-state index in [1.54, 1.807) is 25.4 Å².